The van der Waals surface area contributed by atoms with Gasteiger partial charge in [-0.05, 0) is 46.5 Å². The van der Waals surface area contributed by atoms with Gasteiger partial charge in [0, 0.05) is 16.7 Å². The number of benzene rings is 1. The topological polar surface area (TPSA) is 12.0 Å². The van der Waals surface area contributed by atoms with Crippen LogP contribution in [-0.4, -0.2) is 6.54 Å². The summed E-state index contributed by atoms with van der Waals surface area (Å²) >= 11 is 3.53. The number of rotatable bonds is 3. The monoisotopic (exact) mass is 241 g/mol. The Balaban J connectivity index is 2.67. The van der Waals surface area contributed by atoms with Crippen molar-refractivity contribution in [3.05, 3.63) is 28.2 Å². The SMILES string of the molecule is Cc1ccc(NCC(C)C)c(Br)c1. The summed E-state index contributed by atoms with van der Waals surface area (Å²) in [4.78, 5) is 0. The Bertz CT molecular complexity index is 281. The normalized spacial score (nSPS) is 10.5. The van der Waals surface area contributed by atoms with Crippen molar-refractivity contribution in [2.75, 3.05) is 11.9 Å². The van der Waals surface area contributed by atoms with E-state index in [1.165, 1.54) is 11.3 Å². The van der Waals surface area contributed by atoms with Gasteiger partial charge in [-0.15, -0.1) is 0 Å². The van der Waals surface area contributed by atoms with Gasteiger partial charge in [0.25, 0.3) is 0 Å². The van der Waals surface area contributed by atoms with Crippen LogP contribution in [0.4, 0.5) is 5.69 Å². The molecule has 0 radical (unpaired) electrons. The van der Waals surface area contributed by atoms with Crippen molar-refractivity contribution in [2.45, 2.75) is 20.8 Å². The molecule has 0 atom stereocenters. The highest BCUT2D eigenvalue weighted by molar-refractivity contribution is 9.10. The summed E-state index contributed by atoms with van der Waals surface area (Å²) in [5, 5.41) is 3.39. The van der Waals surface area contributed by atoms with E-state index in [1.54, 1.807) is 0 Å². The molecule has 0 spiro atoms. The molecule has 0 saturated carbocycles. The maximum Gasteiger partial charge on any atom is 0.0484 e. The summed E-state index contributed by atoms with van der Waals surface area (Å²) in [7, 11) is 0. The van der Waals surface area contributed by atoms with Crippen LogP contribution in [-0.2, 0) is 0 Å². The van der Waals surface area contributed by atoms with Crippen LogP contribution in [0.5, 0.6) is 0 Å². The van der Waals surface area contributed by atoms with Gasteiger partial charge in [-0.1, -0.05) is 19.9 Å². The third kappa shape index (κ3) is 3.39. The molecule has 0 aliphatic heterocycles. The smallest absolute Gasteiger partial charge is 0.0484 e. The van der Waals surface area contributed by atoms with Crippen LogP contribution in [0, 0.1) is 12.8 Å². The molecule has 0 bridgehead atoms. The van der Waals surface area contributed by atoms with Crippen LogP contribution in [0.25, 0.3) is 0 Å². The number of hydrogen-bond acceptors (Lipinski definition) is 1. The van der Waals surface area contributed by atoms with Gasteiger partial charge >= 0.3 is 0 Å². The molecule has 0 aromatic heterocycles. The molecule has 1 N–H and O–H groups in total. The molecule has 0 aliphatic rings. The molecule has 0 aliphatic carbocycles. The quantitative estimate of drug-likeness (QED) is 0.849. The molecular weight excluding hydrogens is 226 g/mol. The van der Waals surface area contributed by atoms with Gasteiger partial charge in [-0.3, -0.25) is 0 Å². The van der Waals surface area contributed by atoms with E-state index >= 15 is 0 Å². The lowest BCUT2D eigenvalue weighted by molar-refractivity contribution is 0.688. The van der Waals surface area contributed by atoms with Gasteiger partial charge in [-0.2, -0.15) is 0 Å². The second kappa shape index (κ2) is 4.66. The highest BCUT2D eigenvalue weighted by Gasteiger charge is 1.99. The zero-order valence-corrected chi connectivity index (χ0v) is 9.98. The van der Waals surface area contributed by atoms with Crippen molar-refractivity contribution in [3.63, 3.8) is 0 Å². The lowest BCUT2D eigenvalue weighted by Gasteiger charge is -2.10. The van der Waals surface area contributed by atoms with Gasteiger partial charge in [0.15, 0.2) is 0 Å². The Morgan fingerprint density at radius 3 is 2.62 bits per heavy atom. The van der Waals surface area contributed by atoms with E-state index in [0.29, 0.717) is 5.92 Å². The van der Waals surface area contributed by atoms with E-state index in [2.05, 4.69) is 60.2 Å². The first kappa shape index (κ1) is 10.6. The Morgan fingerprint density at radius 1 is 1.38 bits per heavy atom. The minimum atomic E-state index is 0.674. The molecule has 0 unspecified atom stereocenters. The van der Waals surface area contributed by atoms with E-state index in [1.807, 2.05) is 0 Å². The first-order chi connectivity index (χ1) is 6.09. The second-order valence-corrected chi connectivity index (χ2v) is 4.61. The second-order valence-electron chi connectivity index (χ2n) is 3.76. The highest BCUT2D eigenvalue weighted by atomic mass is 79.9. The first-order valence-corrected chi connectivity index (χ1v) is 5.39. The van der Waals surface area contributed by atoms with Crippen molar-refractivity contribution in [3.8, 4) is 0 Å². The average Bonchev–Trinajstić information content (AvgIpc) is 2.02. The predicted molar refractivity (Wildman–Crippen MR) is 62.2 cm³/mol. The van der Waals surface area contributed by atoms with E-state index < -0.39 is 0 Å². The molecule has 72 valence electrons. The molecule has 2 heteroatoms. The van der Waals surface area contributed by atoms with Crippen LogP contribution >= 0.6 is 15.9 Å². The minimum absolute atomic E-state index is 0.674. The fraction of sp³-hybridized carbons (Fsp3) is 0.455. The molecule has 1 aromatic carbocycles. The van der Waals surface area contributed by atoms with E-state index in [4.69, 9.17) is 0 Å². The Kier molecular flexibility index (Phi) is 3.79. The zero-order valence-electron chi connectivity index (χ0n) is 8.39. The van der Waals surface area contributed by atoms with E-state index in [-0.39, 0.29) is 0 Å². The Hall–Kier alpha value is -0.500. The molecule has 0 fully saturated rings. The summed E-state index contributed by atoms with van der Waals surface area (Å²) < 4.78 is 1.15. The summed E-state index contributed by atoms with van der Waals surface area (Å²) in [5.74, 6) is 0.674. The van der Waals surface area contributed by atoms with Crippen molar-refractivity contribution in [2.24, 2.45) is 5.92 Å². The molecule has 1 rings (SSSR count). The fourth-order valence-corrected chi connectivity index (χ4v) is 1.71. The Labute approximate surface area is 88.7 Å². The van der Waals surface area contributed by atoms with Gasteiger partial charge < -0.3 is 5.32 Å². The maximum atomic E-state index is 3.53. The average molecular weight is 242 g/mol. The molecule has 1 nitrogen and oxygen atoms in total. The third-order valence-electron chi connectivity index (χ3n) is 1.83. The lowest BCUT2D eigenvalue weighted by atomic mass is 10.2. The van der Waals surface area contributed by atoms with Crippen molar-refractivity contribution < 1.29 is 0 Å². The predicted octanol–water partition coefficient (Wildman–Crippen LogP) is 3.83. The van der Waals surface area contributed by atoms with Crippen LogP contribution in [0.3, 0.4) is 0 Å². The maximum absolute atomic E-state index is 3.53. The molecule has 0 amide bonds. The van der Waals surface area contributed by atoms with Crippen molar-refractivity contribution in [1.82, 2.24) is 0 Å². The van der Waals surface area contributed by atoms with Gasteiger partial charge in [0.05, 0.1) is 0 Å². The number of hydrogen-bond donors (Lipinski definition) is 1. The van der Waals surface area contributed by atoms with Crippen molar-refractivity contribution in [1.29, 1.82) is 0 Å². The molecule has 0 heterocycles. The molecule has 0 saturated heterocycles. The summed E-state index contributed by atoms with van der Waals surface area (Å²) in [6, 6.07) is 6.36. The molecule has 1 aromatic rings. The van der Waals surface area contributed by atoms with Gasteiger partial charge in [0.1, 0.15) is 0 Å². The van der Waals surface area contributed by atoms with Crippen molar-refractivity contribution >= 4 is 21.6 Å². The summed E-state index contributed by atoms with van der Waals surface area (Å²) in [6.45, 7) is 7.52. The standard InChI is InChI=1S/C11H16BrN/c1-8(2)7-13-11-5-4-9(3)6-10(11)12/h4-6,8,13H,7H2,1-3H3. The fourth-order valence-electron chi connectivity index (χ4n) is 1.08. The summed E-state index contributed by atoms with van der Waals surface area (Å²) in [5.41, 5.74) is 2.46. The van der Waals surface area contributed by atoms with Crippen LogP contribution < -0.4 is 5.32 Å². The van der Waals surface area contributed by atoms with Crippen LogP contribution in [0.1, 0.15) is 19.4 Å². The van der Waals surface area contributed by atoms with Gasteiger partial charge in [0.2, 0.25) is 0 Å². The lowest BCUT2D eigenvalue weighted by Crippen LogP contribution is -2.08. The van der Waals surface area contributed by atoms with E-state index in [9.17, 15) is 0 Å². The molecular formula is C11H16BrN. The van der Waals surface area contributed by atoms with Crippen LogP contribution in [0.15, 0.2) is 22.7 Å². The highest BCUT2D eigenvalue weighted by Crippen LogP contribution is 2.23. The Morgan fingerprint density at radius 2 is 2.08 bits per heavy atom. The minimum Gasteiger partial charge on any atom is -0.384 e. The largest absolute Gasteiger partial charge is 0.384 e. The van der Waals surface area contributed by atoms with Crippen LogP contribution in [0.2, 0.25) is 0 Å². The zero-order chi connectivity index (χ0) is 9.84. The van der Waals surface area contributed by atoms with Gasteiger partial charge in [-0.25, -0.2) is 0 Å². The number of nitrogens with one attached hydrogen (secondary N) is 1. The molecule has 13 heavy (non-hydrogen) atoms. The third-order valence-corrected chi connectivity index (χ3v) is 2.48. The number of aryl methyl sites for hydroxylation is 1. The number of anilines is 1. The first-order valence-electron chi connectivity index (χ1n) is 4.59. The summed E-state index contributed by atoms with van der Waals surface area (Å²) in [6.07, 6.45) is 0. The van der Waals surface area contributed by atoms with E-state index in [0.717, 1.165) is 11.0 Å². The number of halogens is 1.